The second-order valence-electron chi connectivity index (χ2n) is 5.68. The number of hydrogen-bond acceptors (Lipinski definition) is 4. The Labute approximate surface area is 137 Å². The molecule has 1 aliphatic heterocycles. The Kier molecular flexibility index (Phi) is 3.65. The summed E-state index contributed by atoms with van der Waals surface area (Å²) in [4.78, 5) is 19.2. The first-order chi connectivity index (χ1) is 11.7. The lowest BCUT2D eigenvalue weighted by atomic mass is 10.2. The van der Waals surface area contributed by atoms with E-state index < -0.39 is 0 Å². The molecule has 0 aliphatic carbocycles. The van der Waals surface area contributed by atoms with Gasteiger partial charge < -0.3 is 9.64 Å². The lowest BCUT2D eigenvalue weighted by Gasteiger charge is -2.17. The summed E-state index contributed by atoms with van der Waals surface area (Å²) < 4.78 is 20.2. The molecule has 6 heteroatoms. The molecule has 0 amide bonds. The van der Waals surface area contributed by atoms with Crippen LogP contribution in [0.3, 0.4) is 0 Å². The van der Waals surface area contributed by atoms with Crippen LogP contribution in [-0.4, -0.2) is 29.2 Å². The summed E-state index contributed by atoms with van der Waals surface area (Å²) >= 11 is 0. The maximum Gasteiger partial charge on any atom is 0.262 e. The summed E-state index contributed by atoms with van der Waals surface area (Å²) in [6, 6.07) is 13.3. The van der Waals surface area contributed by atoms with Gasteiger partial charge in [0.1, 0.15) is 18.2 Å². The Bertz CT molecular complexity index is 937. The number of para-hydroxylation sites is 1. The molecule has 4 rings (SSSR count). The molecule has 2 heterocycles. The number of rotatable bonds is 4. The van der Waals surface area contributed by atoms with Crippen molar-refractivity contribution in [2.45, 2.75) is 6.54 Å². The number of fused-ring (bicyclic) bond motifs is 2. The molecule has 3 aromatic rings. The van der Waals surface area contributed by atoms with Gasteiger partial charge in [-0.15, -0.1) is 0 Å². The Balaban J connectivity index is 1.51. The van der Waals surface area contributed by atoms with Crippen LogP contribution in [0.25, 0.3) is 10.9 Å². The normalized spacial score (nSPS) is 13.3. The molecule has 2 aromatic carbocycles. The van der Waals surface area contributed by atoms with Gasteiger partial charge in [-0.25, -0.2) is 9.37 Å². The summed E-state index contributed by atoms with van der Waals surface area (Å²) in [7, 11) is 0. The van der Waals surface area contributed by atoms with Crippen LogP contribution in [0.2, 0.25) is 0 Å². The van der Waals surface area contributed by atoms with Gasteiger partial charge in [-0.3, -0.25) is 9.36 Å². The van der Waals surface area contributed by atoms with E-state index in [-0.39, 0.29) is 11.4 Å². The quantitative estimate of drug-likeness (QED) is 0.739. The van der Waals surface area contributed by atoms with Crippen molar-refractivity contribution in [2.75, 3.05) is 24.6 Å². The molecule has 0 bridgehead atoms. The molecule has 1 aromatic heterocycles. The maximum absolute atomic E-state index is 12.9. The molecule has 0 saturated heterocycles. The van der Waals surface area contributed by atoms with Gasteiger partial charge in [-0.1, -0.05) is 12.1 Å². The molecule has 0 N–H and O–H groups in total. The van der Waals surface area contributed by atoms with Gasteiger partial charge in [0, 0.05) is 13.1 Å². The predicted octanol–water partition coefficient (Wildman–Crippen LogP) is 2.43. The van der Waals surface area contributed by atoms with Crippen molar-refractivity contribution in [2.24, 2.45) is 0 Å². The second-order valence-corrected chi connectivity index (χ2v) is 5.68. The summed E-state index contributed by atoms with van der Waals surface area (Å²) in [5.74, 6) is 1.02. The van der Waals surface area contributed by atoms with E-state index >= 15 is 0 Å². The third kappa shape index (κ3) is 2.60. The van der Waals surface area contributed by atoms with Gasteiger partial charge in [-0.05, 0) is 36.4 Å². The zero-order valence-electron chi connectivity index (χ0n) is 13.0. The SMILES string of the molecule is O=c1c2ccccc2nc2n1CCN2CCOc1ccc(F)cc1. The van der Waals surface area contributed by atoms with E-state index in [0.29, 0.717) is 42.3 Å². The van der Waals surface area contributed by atoms with Gasteiger partial charge in [0.25, 0.3) is 5.56 Å². The van der Waals surface area contributed by atoms with Crippen LogP contribution in [0.5, 0.6) is 5.75 Å². The first-order valence-electron chi connectivity index (χ1n) is 7.85. The van der Waals surface area contributed by atoms with E-state index in [4.69, 9.17) is 4.74 Å². The Morgan fingerprint density at radius 2 is 1.88 bits per heavy atom. The van der Waals surface area contributed by atoms with E-state index in [1.807, 2.05) is 23.1 Å². The van der Waals surface area contributed by atoms with Crippen LogP contribution < -0.4 is 15.2 Å². The molecular weight excluding hydrogens is 309 g/mol. The third-order valence-electron chi connectivity index (χ3n) is 4.16. The number of benzene rings is 2. The minimum atomic E-state index is -0.286. The third-order valence-corrected chi connectivity index (χ3v) is 4.16. The average Bonchev–Trinajstić information content (AvgIpc) is 3.00. The van der Waals surface area contributed by atoms with Crippen molar-refractivity contribution >= 4 is 16.9 Å². The Morgan fingerprint density at radius 3 is 2.71 bits per heavy atom. The molecule has 0 atom stereocenters. The highest BCUT2D eigenvalue weighted by atomic mass is 19.1. The highest BCUT2D eigenvalue weighted by molar-refractivity contribution is 5.78. The first kappa shape index (κ1) is 14.7. The van der Waals surface area contributed by atoms with Gasteiger partial charge in [-0.2, -0.15) is 0 Å². The second kappa shape index (κ2) is 5.96. The minimum absolute atomic E-state index is 0.00227. The Morgan fingerprint density at radius 1 is 1.08 bits per heavy atom. The van der Waals surface area contributed by atoms with Crippen LogP contribution in [0, 0.1) is 5.82 Å². The molecule has 122 valence electrons. The van der Waals surface area contributed by atoms with E-state index in [2.05, 4.69) is 4.98 Å². The summed E-state index contributed by atoms with van der Waals surface area (Å²) in [6.07, 6.45) is 0. The van der Waals surface area contributed by atoms with Gasteiger partial charge >= 0.3 is 0 Å². The van der Waals surface area contributed by atoms with E-state index in [1.54, 1.807) is 22.8 Å². The van der Waals surface area contributed by atoms with Crippen molar-refractivity contribution in [3.8, 4) is 5.75 Å². The fourth-order valence-electron chi connectivity index (χ4n) is 2.94. The van der Waals surface area contributed by atoms with Crippen LogP contribution >= 0.6 is 0 Å². The summed E-state index contributed by atoms with van der Waals surface area (Å²) in [5, 5.41) is 0.644. The van der Waals surface area contributed by atoms with Crippen molar-refractivity contribution in [3.63, 3.8) is 0 Å². The molecule has 0 saturated carbocycles. The molecular formula is C18H16FN3O2. The van der Waals surface area contributed by atoms with Crippen LogP contribution in [0.15, 0.2) is 53.3 Å². The smallest absolute Gasteiger partial charge is 0.262 e. The van der Waals surface area contributed by atoms with Crippen LogP contribution in [0.1, 0.15) is 0 Å². The molecule has 0 radical (unpaired) electrons. The molecule has 0 fully saturated rings. The van der Waals surface area contributed by atoms with Crippen LogP contribution in [0.4, 0.5) is 10.3 Å². The van der Waals surface area contributed by atoms with E-state index in [0.717, 1.165) is 6.54 Å². The van der Waals surface area contributed by atoms with Gasteiger partial charge in [0.05, 0.1) is 17.4 Å². The molecule has 0 spiro atoms. The number of hydrogen-bond donors (Lipinski definition) is 0. The molecule has 0 unspecified atom stereocenters. The molecule has 24 heavy (non-hydrogen) atoms. The van der Waals surface area contributed by atoms with E-state index in [1.165, 1.54) is 12.1 Å². The molecule has 5 nitrogen and oxygen atoms in total. The first-order valence-corrected chi connectivity index (χ1v) is 7.85. The van der Waals surface area contributed by atoms with Gasteiger partial charge in [0.2, 0.25) is 5.95 Å². The van der Waals surface area contributed by atoms with Crippen molar-refractivity contribution in [3.05, 3.63) is 64.7 Å². The predicted molar refractivity (Wildman–Crippen MR) is 90.1 cm³/mol. The summed E-state index contributed by atoms with van der Waals surface area (Å²) in [6.45, 7) is 2.41. The lowest BCUT2D eigenvalue weighted by Crippen LogP contribution is -2.27. The van der Waals surface area contributed by atoms with Crippen molar-refractivity contribution < 1.29 is 9.13 Å². The number of halogens is 1. The van der Waals surface area contributed by atoms with Gasteiger partial charge in [0.15, 0.2) is 0 Å². The average molecular weight is 325 g/mol. The zero-order chi connectivity index (χ0) is 16.5. The highest BCUT2D eigenvalue weighted by Gasteiger charge is 2.22. The highest BCUT2D eigenvalue weighted by Crippen LogP contribution is 2.19. The lowest BCUT2D eigenvalue weighted by molar-refractivity contribution is 0.324. The number of aromatic nitrogens is 2. The van der Waals surface area contributed by atoms with Crippen LogP contribution in [-0.2, 0) is 6.54 Å². The number of ether oxygens (including phenoxy) is 1. The number of nitrogens with zero attached hydrogens (tertiary/aromatic N) is 3. The van der Waals surface area contributed by atoms with E-state index in [9.17, 15) is 9.18 Å². The largest absolute Gasteiger partial charge is 0.492 e. The minimum Gasteiger partial charge on any atom is -0.492 e. The number of anilines is 1. The fourth-order valence-corrected chi connectivity index (χ4v) is 2.94. The zero-order valence-corrected chi connectivity index (χ0v) is 13.0. The molecule has 1 aliphatic rings. The fraction of sp³-hybridized carbons (Fsp3) is 0.222. The maximum atomic E-state index is 12.9. The summed E-state index contributed by atoms with van der Waals surface area (Å²) in [5.41, 5.74) is 0.706. The van der Waals surface area contributed by atoms with Crippen molar-refractivity contribution in [1.29, 1.82) is 0 Å². The van der Waals surface area contributed by atoms with Crippen molar-refractivity contribution in [1.82, 2.24) is 9.55 Å². The Hall–Kier alpha value is -2.89. The standard InChI is InChI=1S/C18H16FN3O2/c19-13-5-7-14(8-6-13)24-12-11-21-9-10-22-17(23)15-3-1-2-4-16(15)20-18(21)22/h1-8H,9-12H2. The monoisotopic (exact) mass is 325 g/mol. The topological polar surface area (TPSA) is 47.4 Å².